The van der Waals surface area contributed by atoms with E-state index in [4.69, 9.17) is 5.73 Å². The number of halogens is 1. The number of carbonyl (C=O) groups is 1. The van der Waals surface area contributed by atoms with E-state index in [-0.39, 0.29) is 5.82 Å². The van der Waals surface area contributed by atoms with Gasteiger partial charge in [-0.2, -0.15) is 0 Å². The molecule has 2 rings (SSSR count). The average Bonchev–Trinajstić information content (AvgIpc) is 2.70. The maximum absolute atomic E-state index is 13.3. The Hall–Kier alpha value is -2.37. The van der Waals surface area contributed by atoms with Crippen LogP contribution in [-0.2, 0) is 11.8 Å². The lowest BCUT2D eigenvalue weighted by Crippen LogP contribution is -2.29. The number of primary amides is 1. The molecule has 1 heterocycles. The largest absolute Gasteiger partial charge is 0.369 e. The number of benzene rings is 1. The van der Waals surface area contributed by atoms with Crippen LogP contribution in [0.4, 0.5) is 10.1 Å². The molecule has 19 heavy (non-hydrogen) atoms. The van der Waals surface area contributed by atoms with Gasteiger partial charge >= 0.3 is 0 Å². The summed E-state index contributed by atoms with van der Waals surface area (Å²) >= 11 is 0. The minimum Gasteiger partial charge on any atom is -0.369 e. The summed E-state index contributed by atoms with van der Waals surface area (Å²) in [7, 11) is 1.76. The van der Waals surface area contributed by atoms with Crippen molar-refractivity contribution in [1.82, 2.24) is 9.55 Å². The Morgan fingerprint density at radius 1 is 1.47 bits per heavy atom. The van der Waals surface area contributed by atoms with Gasteiger partial charge in [0.15, 0.2) is 0 Å². The van der Waals surface area contributed by atoms with Crippen molar-refractivity contribution in [1.29, 1.82) is 0 Å². The lowest BCUT2D eigenvalue weighted by Gasteiger charge is -2.17. The lowest BCUT2D eigenvalue weighted by atomic mass is 10.1. The highest BCUT2D eigenvalue weighted by Crippen LogP contribution is 2.20. The van der Waals surface area contributed by atoms with Crippen LogP contribution in [-0.4, -0.2) is 15.5 Å². The van der Waals surface area contributed by atoms with E-state index in [1.54, 1.807) is 37.1 Å². The van der Waals surface area contributed by atoms with Gasteiger partial charge in [0.05, 0.1) is 18.2 Å². The number of aryl methyl sites for hydroxylation is 2. The molecule has 1 amide bonds. The van der Waals surface area contributed by atoms with Crippen LogP contribution in [0, 0.1) is 12.7 Å². The number of hydrogen-bond acceptors (Lipinski definition) is 3. The summed E-state index contributed by atoms with van der Waals surface area (Å²) in [5, 5.41) is 2.93. The second-order valence-corrected chi connectivity index (χ2v) is 4.43. The number of nitrogens with zero attached hydrogens (tertiary/aromatic N) is 2. The summed E-state index contributed by atoms with van der Waals surface area (Å²) in [6, 6.07) is 3.72. The summed E-state index contributed by atoms with van der Waals surface area (Å²) < 4.78 is 15.0. The molecule has 0 aliphatic carbocycles. The van der Waals surface area contributed by atoms with Crippen molar-refractivity contribution in [2.45, 2.75) is 13.0 Å². The van der Waals surface area contributed by atoms with Gasteiger partial charge in [0, 0.05) is 12.7 Å². The van der Waals surface area contributed by atoms with Crippen molar-refractivity contribution in [2.24, 2.45) is 12.8 Å². The fraction of sp³-hybridized carbons (Fsp3) is 0.231. The Labute approximate surface area is 110 Å². The van der Waals surface area contributed by atoms with Crippen LogP contribution in [0.25, 0.3) is 0 Å². The number of rotatable bonds is 4. The van der Waals surface area contributed by atoms with Crippen molar-refractivity contribution in [2.75, 3.05) is 5.32 Å². The Morgan fingerprint density at radius 3 is 2.74 bits per heavy atom. The van der Waals surface area contributed by atoms with Crippen molar-refractivity contribution >= 4 is 11.6 Å². The van der Waals surface area contributed by atoms with Crippen molar-refractivity contribution in [3.05, 3.63) is 47.8 Å². The first-order chi connectivity index (χ1) is 8.97. The molecule has 0 fully saturated rings. The number of nitrogens with two attached hydrogens (primary N) is 1. The zero-order chi connectivity index (χ0) is 14.0. The molecule has 1 aromatic carbocycles. The molecule has 100 valence electrons. The summed E-state index contributed by atoms with van der Waals surface area (Å²) in [4.78, 5) is 15.5. The number of carbonyl (C=O) groups excluding carboxylic acids is 1. The molecular weight excluding hydrogens is 247 g/mol. The number of hydrogen-bond donors (Lipinski definition) is 2. The first-order valence-electron chi connectivity index (χ1n) is 5.76. The third-order valence-electron chi connectivity index (χ3n) is 2.79. The molecule has 0 bridgehead atoms. The number of nitrogens with one attached hydrogen (secondary N) is 1. The first kappa shape index (κ1) is 13.1. The molecule has 0 saturated heterocycles. The molecule has 6 heteroatoms. The summed E-state index contributed by atoms with van der Waals surface area (Å²) in [5.74, 6) is -0.916. The Bertz CT molecular complexity index is 588. The maximum Gasteiger partial charge on any atom is 0.246 e. The van der Waals surface area contributed by atoms with Crippen molar-refractivity contribution in [3.63, 3.8) is 0 Å². The molecule has 3 N–H and O–H groups in total. The van der Waals surface area contributed by atoms with E-state index in [1.165, 1.54) is 12.1 Å². The SMILES string of the molecule is Cc1cc(F)cc(NC(C(N)=O)c2cncn2C)c1. The average molecular weight is 262 g/mol. The molecule has 1 aromatic heterocycles. The van der Waals surface area contributed by atoms with Crippen LogP contribution in [0.3, 0.4) is 0 Å². The van der Waals surface area contributed by atoms with E-state index in [0.717, 1.165) is 5.56 Å². The van der Waals surface area contributed by atoms with Crippen LogP contribution >= 0.6 is 0 Å². The van der Waals surface area contributed by atoms with Gasteiger partial charge < -0.3 is 15.6 Å². The van der Waals surface area contributed by atoms with Gasteiger partial charge in [0.25, 0.3) is 0 Å². The molecule has 0 aliphatic heterocycles. The van der Waals surface area contributed by atoms with Gasteiger partial charge in [-0.05, 0) is 30.7 Å². The van der Waals surface area contributed by atoms with Crippen LogP contribution < -0.4 is 11.1 Å². The molecular formula is C13H15FN4O. The number of imidazole rings is 1. The standard InChI is InChI=1S/C13H15FN4O/c1-8-3-9(14)5-10(4-8)17-12(13(15)19)11-6-16-7-18(11)2/h3-7,12,17H,1-2H3,(H2,15,19). The molecule has 1 atom stereocenters. The number of anilines is 1. The summed E-state index contributed by atoms with van der Waals surface area (Å²) in [6.07, 6.45) is 3.12. The highest BCUT2D eigenvalue weighted by Gasteiger charge is 2.20. The first-order valence-corrected chi connectivity index (χ1v) is 5.76. The second kappa shape index (κ2) is 5.09. The highest BCUT2D eigenvalue weighted by molar-refractivity contribution is 5.84. The maximum atomic E-state index is 13.3. The van der Waals surface area contributed by atoms with Gasteiger partial charge in [-0.25, -0.2) is 9.37 Å². The molecule has 0 radical (unpaired) electrons. The van der Waals surface area contributed by atoms with Crippen molar-refractivity contribution in [3.8, 4) is 0 Å². The zero-order valence-electron chi connectivity index (χ0n) is 10.7. The highest BCUT2D eigenvalue weighted by atomic mass is 19.1. The van der Waals surface area contributed by atoms with Crippen LogP contribution in [0.5, 0.6) is 0 Å². The van der Waals surface area contributed by atoms with Crippen LogP contribution in [0.15, 0.2) is 30.7 Å². The minimum atomic E-state index is -0.756. The second-order valence-electron chi connectivity index (χ2n) is 4.43. The van der Waals surface area contributed by atoms with Gasteiger partial charge in [0.2, 0.25) is 5.91 Å². The van der Waals surface area contributed by atoms with E-state index >= 15 is 0 Å². The van der Waals surface area contributed by atoms with Gasteiger partial charge in [0.1, 0.15) is 11.9 Å². The molecule has 1 unspecified atom stereocenters. The fourth-order valence-corrected chi connectivity index (χ4v) is 1.92. The monoisotopic (exact) mass is 262 g/mol. The third kappa shape index (κ3) is 2.90. The van der Waals surface area contributed by atoms with Crippen molar-refractivity contribution < 1.29 is 9.18 Å². The molecule has 0 aliphatic rings. The number of aromatic nitrogens is 2. The van der Waals surface area contributed by atoms with Gasteiger partial charge in [-0.1, -0.05) is 0 Å². The Kier molecular flexibility index (Phi) is 3.50. The molecule has 5 nitrogen and oxygen atoms in total. The normalized spacial score (nSPS) is 12.2. The molecule has 0 saturated carbocycles. The lowest BCUT2D eigenvalue weighted by molar-refractivity contribution is -0.119. The van der Waals surface area contributed by atoms with E-state index in [9.17, 15) is 9.18 Å². The van der Waals surface area contributed by atoms with E-state index in [0.29, 0.717) is 11.4 Å². The predicted octanol–water partition coefficient (Wildman–Crippen LogP) is 1.51. The van der Waals surface area contributed by atoms with Crippen LogP contribution in [0.2, 0.25) is 0 Å². The Morgan fingerprint density at radius 2 is 2.21 bits per heavy atom. The van der Waals surface area contributed by atoms with E-state index < -0.39 is 11.9 Å². The summed E-state index contributed by atoms with van der Waals surface area (Å²) in [6.45, 7) is 1.78. The van der Waals surface area contributed by atoms with E-state index in [1.807, 2.05) is 0 Å². The summed E-state index contributed by atoms with van der Waals surface area (Å²) in [5.41, 5.74) is 7.27. The predicted molar refractivity (Wildman–Crippen MR) is 69.9 cm³/mol. The smallest absolute Gasteiger partial charge is 0.246 e. The minimum absolute atomic E-state index is 0.365. The topological polar surface area (TPSA) is 72.9 Å². The molecule has 2 aromatic rings. The quantitative estimate of drug-likeness (QED) is 0.877. The fourth-order valence-electron chi connectivity index (χ4n) is 1.92. The van der Waals surface area contributed by atoms with Gasteiger partial charge in [-0.3, -0.25) is 4.79 Å². The van der Waals surface area contributed by atoms with Crippen LogP contribution in [0.1, 0.15) is 17.3 Å². The Balaban J connectivity index is 2.32. The molecule has 0 spiro atoms. The van der Waals surface area contributed by atoms with E-state index in [2.05, 4.69) is 10.3 Å². The zero-order valence-corrected chi connectivity index (χ0v) is 10.7. The third-order valence-corrected chi connectivity index (χ3v) is 2.79. The number of amides is 1. The van der Waals surface area contributed by atoms with Gasteiger partial charge in [-0.15, -0.1) is 0 Å².